The summed E-state index contributed by atoms with van der Waals surface area (Å²) < 4.78 is 12.2. The lowest BCUT2D eigenvalue weighted by molar-refractivity contribution is 0.483. The van der Waals surface area contributed by atoms with Gasteiger partial charge in [0.2, 0.25) is 0 Å². The third-order valence-corrected chi connectivity index (χ3v) is 1.86. The lowest BCUT2D eigenvalue weighted by Gasteiger charge is -2.02. The van der Waals surface area contributed by atoms with Crippen molar-refractivity contribution in [3.8, 4) is 0 Å². The molecule has 10 heavy (non-hydrogen) atoms. The molecule has 1 heteroatoms. The average molecular weight is 138 g/mol. The Labute approximate surface area is 60.7 Å². The molecule has 0 saturated carbocycles. The summed E-state index contributed by atoms with van der Waals surface area (Å²) in [6, 6.07) is 5.70. The van der Waals surface area contributed by atoms with E-state index in [9.17, 15) is 4.39 Å². The molecule has 0 aliphatic rings. The molecule has 54 valence electrons. The molecule has 0 heterocycles. The van der Waals surface area contributed by atoms with E-state index >= 15 is 0 Å². The summed E-state index contributed by atoms with van der Waals surface area (Å²) in [5.41, 5.74) is 3.04. The Hall–Kier alpha value is -0.850. The molecule has 0 N–H and O–H groups in total. The maximum atomic E-state index is 12.2. The van der Waals surface area contributed by atoms with Crippen LogP contribution in [0.15, 0.2) is 18.2 Å². The summed E-state index contributed by atoms with van der Waals surface area (Å²) in [5.74, 6) is 0. The number of aryl methyl sites for hydroxylation is 1. The van der Waals surface area contributed by atoms with Gasteiger partial charge in [-0.3, -0.25) is 0 Å². The zero-order chi connectivity index (χ0) is 7.56. The molecule has 0 saturated heterocycles. The molecule has 0 atom stereocenters. The van der Waals surface area contributed by atoms with Crippen LogP contribution >= 0.6 is 0 Å². The summed E-state index contributed by atoms with van der Waals surface area (Å²) in [6.45, 7) is 3.59. The van der Waals surface area contributed by atoms with Gasteiger partial charge in [-0.25, -0.2) is 4.39 Å². The van der Waals surface area contributed by atoms with Crippen LogP contribution in [0.3, 0.4) is 0 Å². The molecule has 0 fully saturated rings. The maximum Gasteiger partial charge on any atom is 0.115 e. The van der Waals surface area contributed by atoms with Crippen molar-refractivity contribution in [2.45, 2.75) is 20.5 Å². The Morgan fingerprint density at radius 3 is 2.50 bits per heavy atom. The Bertz CT molecular complexity index is 228. The van der Waals surface area contributed by atoms with Crippen LogP contribution in [-0.4, -0.2) is 0 Å². The minimum atomic E-state index is -0.354. The fourth-order valence-electron chi connectivity index (χ4n) is 0.957. The van der Waals surface area contributed by atoms with Gasteiger partial charge < -0.3 is 0 Å². The lowest BCUT2D eigenvalue weighted by atomic mass is 10.0. The smallest absolute Gasteiger partial charge is 0.115 e. The van der Waals surface area contributed by atoms with Gasteiger partial charge in [0.1, 0.15) is 6.67 Å². The van der Waals surface area contributed by atoms with E-state index in [4.69, 9.17) is 0 Å². The molecule has 0 bridgehead atoms. The van der Waals surface area contributed by atoms with Crippen molar-refractivity contribution in [1.82, 2.24) is 0 Å². The highest BCUT2D eigenvalue weighted by Crippen LogP contribution is 2.12. The number of hydrogen-bond acceptors (Lipinski definition) is 0. The van der Waals surface area contributed by atoms with Crippen molar-refractivity contribution >= 4 is 0 Å². The molecule has 0 amide bonds. The summed E-state index contributed by atoms with van der Waals surface area (Å²) in [6.07, 6.45) is 0. The van der Waals surface area contributed by atoms with E-state index in [-0.39, 0.29) is 6.67 Å². The first kappa shape index (κ1) is 7.26. The van der Waals surface area contributed by atoms with E-state index in [0.717, 1.165) is 16.7 Å². The second-order valence-corrected chi connectivity index (χ2v) is 2.49. The van der Waals surface area contributed by atoms with Crippen LogP contribution in [-0.2, 0) is 6.67 Å². The van der Waals surface area contributed by atoms with E-state index in [0.29, 0.717) is 0 Å². The number of halogens is 1. The van der Waals surface area contributed by atoms with Crippen LogP contribution in [0.2, 0.25) is 0 Å². The Kier molecular flexibility index (Phi) is 2.05. The van der Waals surface area contributed by atoms with E-state index in [2.05, 4.69) is 0 Å². The van der Waals surface area contributed by atoms with Crippen LogP contribution in [0.25, 0.3) is 0 Å². The largest absolute Gasteiger partial charge is 0.246 e. The van der Waals surface area contributed by atoms with Gasteiger partial charge >= 0.3 is 0 Å². The second kappa shape index (κ2) is 2.82. The first-order valence-electron chi connectivity index (χ1n) is 3.36. The predicted octanol–water partition coefficient (Wildman–Crippen LogP) is 2.77. The van der Waals surface area contributed by atoms with Crippen LogP contribution in [0.5, 0.6) is 0 Å². The molecule has 0 nitrogen and oxygen atoms in total. The fraction of sp³-hybridized carbons (Fsp3) is 0.333. The van der Waals surface area contributed by atoms with Crippen LogP contribution in [0.1, 0.15) is 16.7 Å². The Balaban J connectivity index is 3.14. The molecule has 1 aromatic carbocycles. The standard InChI is InChI=1S/C9H11F/c1-7-4-3-5-9(6-10)8(7)2/h3-5H,6H2,1-2H3. The minimum Gasteiger partial charge on any atom is -0.246 e. The normalized spacial score (nSPS) is 9.90. The summed E-state index contributed by atoms with van der Waals surface area (Å²) in [7, 11) is 0. The summed E-state index contributed by atoms with van der Waals surface area (Å²) in [4.78, 5) is 0. The van der Waals surface area contributed by atoms with Gasteiger partial charge in [0.15, 0.2) is 0 Å². The highest BCUT2D eigenvalue weighted by atomic mass is 19.1. The van der Waals surface area contributed by atoms with Crippen LogP contribution in [0, 0.1) is 13.8 Å². The van der Waals surface area contributed by atoms with Gasteiger partial charge in [-0.05, 0) is 30.5 Å². The summed E-state index contributed by atoms with van der Waals surface area (Å²) in [5, 5.41) is 0. The quantitative estimate of drug-likeness (QED) is 0.559. The van der Waals surface area contributed by atoms with Crippen molar-refractivity contribution in [2.75, 3.05) is 0 Å². The average Bonchev–Trinajstić information content (AvgIpc) is 1.95. The Morgan fingerprint density at radius 2 is 2.00 bits per heavy atom. The van der Waals surface area contributed by atoms with E-state index < -0.39 is 0 Å². The predicted molar refractivity (Wildman–Crippen MR) is 40.7 cm³/mol. The Morgan fingerprint density at radius 1 is 1.30 bits per heavy atom. The van der Waals surface area contributed by atoms with Crippen molar-refractivity contribution < 1.29 is 4.39 Å². The molecule has 0 unspecified atom stereocenters. The zero-order valence-electron chi connectivity index (χ0n) is 6.32. The first-order chi connectivity index (χ1) is 4.75. The number of alkyl halides is 1. The topological polar surface area (TPSA) is 0 Å². The SMILES string of the molecule is Cc1cccc(CF)c1C. The van der Waals surface area contributed by atoms with Crippen molar-refractivity contribution in [3.05, 3.63) is 34.9 Å². The summed E-state index contributed by atoms with van der Waals surface area (Å²) >= 11 is 0. The monoisotopic (exact) mass is 138 g/mol. The number of rotatable bonds is 1. The van der Waals surface area contributed by atoms with Gasteiger partial charge in [0.25, 0.3) is 0 Å². The van der Waals surface area contributed by atoms with Gasteiger partial charge in [0.05, 0.1) is 0 Å². The van der Waals surface area contributed by atoms with Crippen molar-refractivity contribution in [1.29, 1.82) is 0 Å². The molecule has 0 aliphatic carbocycles. The second-order valence-electron chi connectivity index (χ2n) is 2.49. The molecule has 0 aliphatic heterocycles. The van der Waals surface area contributed by atoms with Gasteiger partial charge in [-0.1, -0.05) is 18.2 Å². The zero-order valence-corrected chi connectivity index (χ0v) is 6.32. The van der Waals surface area contributed by atoms with Crippen molar-refractivity contribution in [3.63, 3.8) is 0 Å². The van der Waals surface area contributed by atoms with E-state index in [1.54, 1.807) is 0 Å². The fourth-order valence-corrected chi connectivity index (χ4v) is 0.957. The minimum absolute atomic E-state index is 0.354. The number of hydrogen-bond donors (Lipinski definition) is 0. The number of benzene rings is 1. The molecular weight excluding hydrogens is 127 g/mol. The molecular formula is C9H11F. The first-order valence-corrected chi connectivity index (χ1v) is 3.36. The molecule has 0 spiro atoms. The third-order valence-electron chi connectivity index (χ3n) is 1.86. The van der Waals surface area contributed by atoms with Crippen molar-refractivity contribution in [2.24, 2.45) is 0 Å². The highest BCUT2D eigenvalue weighted by molar-refractivity contribution is 5.32. The lowest BCUT2D eigenvalue weighted by Crippen LogP contribution is -1.87. The third kappa shape index (κ3) is 1.18. The highest BCUT2D eigenvalue weighted by Gasteiger charge is 1.97. The van der Waals surface area contributed by atoms with Gasteiger partial charge in [-0.15, -0.1) is 0 Å². The molecule has 0 radical (unpaired) electrons. The van der Waals surface area contributed by atoms with E-state index in [1.807, 2.05) is 32.0 Å². The molecule has 1 aromatic rings. The molecule has 0 aromatic heterocycles. The van der Waals surface area contributed by atoms with Crippen LogP contribution < -0.4 is 0 Å². The van der Waals surface area contributed by atoms with Crippen LogP contribution in [0.4, 0.5) is 4.39 Å². The molecule has 1 rings (SSSR count). The van der Waals surface area contributed by atoms with Gasteiger partial charge in [0, 0.05) is 0 Å². The van der Waals surface area contributed by atoms with Gasteiger partial charge in [-0.2, -0.15) is 0 Å². The maximum absolute atomic E-state index is 12.2. The van der Waals surface area contributed by atoms with E-state index in [1.165, 1.54) is 0 Å².